The highest BCUT2D eigenvalue weighted by Gasteiger charge is 2.39. The zero-order valence-electron chi connectivity index (χ0n) is 10.3. The lowest BCUT2D eigenvalue weighted by Crippen LogP contribution is -2.39. The van der Waals surface area contributed by atoms with Gasteiger partial charge in [-0.15, -0.1) is 0 Å². The van der Waals surface area contributed by atoms with Gasteiger partial charge in [0.25, 0.3) is 0 Å². The van der Waals surface area contributed by atoms with Crippen molar-refractivity contribution < 1.29 is 5.11 Å². The van der Waals surface area contributed by atoms with Crippen LogP contribution in [0.3, 0.4) is 0 Å². The summed E-state index contributed by atoms with van der Waals surface area (Å²) >= 11 is 0. The molecule has 0 radical (unpaired) electrons. The predicted octanol–water partition coefficient (Wildman–Crippen LogP) is 0.979. The van der Waals surface area contributed by atoms with Crippen LogP contribution in [-0.4, -0.2) is 27.0 Å². The minimum Gasteiger partial charge on any atom is -0.389 e. The molecule has 0 spiro atoms. The van der Waals surface area contributed by atoms with Crippen LogP contribution in [0.15, 0.2) is 6.20 Å². The molecule has 1 aromatic rings. The first kappa shape index (κ1) is 11.6. The van der Waals surface area contributed by atoms with Crippen molar-refractivity contribution in [3.8, 4) is 0 Å². The van der Waals surface area contributed by atoms with Crippen LogP contribution in [0.1, 0.15) is 31.0 Å². The standard InChI is InChI=1S/C12H21N3O/c1-9-7-15(3)14-11(9)6-13-8-12(2,16)10-4-5-10/h7,10,13,16H,4-6,8H2,1-3H3/t12-/m0/s1. The highest BCUT2D eigenvalue weighted by atomic mass is 16.3. The molecule has 1 fully saturated rings. The number of aromatic nitrogens is 2. The second kappa shape index (κ2) is 4.18. The molecule has 4 heteroatoms. The average Bonchev–Trinajstić information content (AvgIpc) is 2.95. The van der Waals surface area contributed by atoms with Crippen molar-refractivity contribution in [1.29, 1.82) is 0 Å². The minimum atomic E-state index is -0.553. The summed E-state index contributed by atoms with van der Waals surface area (Å²) in [6, 6.07) is 0. The average molecular weight is 223 g/mol. The van der Waals surface area contributed by atoms with Gasteiger partial charge >= 0.3 is 0 Å². The van der Waals surface area contributed by atoms with Gasteiger partial charge in [0.1, 0.15) is 0 Å². The Hall–Kier alpha value is -0.870. The van der Waals surface area contributed by atoms with E-state index >= 15 is 0 Å². The number of rotatable bonds is 5. The maximum Gasteiger partial charge on any atom is 0.0791 e. The van der Waals surface area contributed by atoms with Gasteiger partial charge in [-0.25, -0.2) is 0 Å². The summed E-state index contributed by atoms with van der Waals surface area (Å²) in [6.07, 6.45) is 4.34. The van der Waals surface area contributed by atoms with E-state index in [4.69, 9.17) is 0 Å². The van der Waals surface area contributed by atoms with Crippen molar-refractivity contribution in [1.82, 2.24) is 15.1 Å². The maximum absolute atomic E-state index is 10.1. The lowest BCUT2D eigenvalue weighted by Gasteiger charge is -2.23. The Balaban J connectivity index is 1.81. The molecular weight excluding hydrogens is 202 g/mol. The molecule has 0 unspecified atom stereocenters. The number of aryl methyl sites for hydroxylation is 2. The van der Waals surface area contributed by atoms with Crippen molar-refractivity contribution in [2.75, 3.05) is 6.54 Å². The molecule has 1 aromatic heterocycles. The van der Waals surface area contributed by atoms with Gasteiger partial charge in [-0.2, -0.15) is 5.10 Å². The lowest BCUT2D eigenvalue weighted by atomic mass is 10.0. The van der Waals surface area contributed by atoms with Gasteiger partial charge in [-0.05, 0) is 38.2 Å². The summed E-state index contributed by atoms with van der Waals surface area (Å²) in [5, 5.41) is 17.8. The molecule has 1 aliphatic carbocycles. The quantitative estimate of drug-likeness (QED) is 0.782. The minimum absolute atomic E-state index is 0.491. The molecular formula is C12H21N3O. The molecule has 1 aliphatic rings. The Morgan fingerprint density at radius 2 is 2.31 bits per heavy atom. The van der Waals surface area contributed by atoms with Gasteiger partial charge in [0.2, 0.25) is 0 Å². The van der Waals surface area contributed by atoms with Crippen LogP contribution in [0.5, 0.6) is 0 Å². The summed E-state index contributed by atoms with van der Waals surface area (Å²) in [7, 11) is 1.93. The molecule has 2 rings (SSSR count). The molecule has 0 aliphatic heterocycles. The van der Waals surface area contributed by atoms with E-state index in [1.54, 1.807) is 0 Å². The van der Waals surface area contributed by atoms with E-state index in [0.29, 0.717) is 12.5 Å². The number of hydrogen-bond acceptors (Lipinski definition) is 3. The molecule has 4 nitrogen and oxygen atoms in total. The molecule has 0 bridgehead atoms. The molecule has 1 atom stereocenters. The van der Waals surface area contributed by atoms with Crippen LogP contribution in [0.2, 0.25) is 0 Å². The maximum atomic E-state index is 10.1. The fraction of sp³-hybridized carbons (Fsp3) is 0.750. The Morgan fingerprint density at radius 3 is 2.81 bits per heavy atom. The van der Waals surface area contributed by atoms with E-state index in [0.717, 1.165) is 25.1 Å². The van der Waals surface area contributed by atoms with Gasteiger partial charge < -0.3 is 10.4 Å². The Morgan fingerprint density at radius 1 is 1.62 bits per heavy atom. The summed E-state index contributed by atoms with van der Waals surface area (Å²) in [6.45, 7) is 5.36. The lowest BCUT2D eigenvalue weighted by molar-refractivity contribution is 0.0366. The fourth-order valence-corrected chi connectivity index (χ4v) is 2.11. The molecule has 1 saturated carbocycles. The topological polar surface area (TPSA) is 50.1 Å². The predicted molar refractivity (Wildman–Crippen MR) is 63.0 cm³/mol. The van der Waals surface area contributed by atoms with Gasteiger partial charge in [0, 0.05) is 26.3 Å². The summed E-state index contributed by atoms with van der Waals surface area (Å²) in [5.74, 6) is 0.491. The molecule has 90 valence electrons. The van der Waals surface area contributed by atoms with Gasteiger partial charge in [0.15, 0.2) is 0 Å². The van der Waals surface area contributed by atoms with Crippen LogP contribution < -0.4 is 5.32 Å². The van der Waals surface area contributed by atoms with E-state index in [-0.39, 0.29) is 0 Å². The van der Waals surface area contributed by atoms with Crippen molar-refractivity contribution in [2.24, 2.45) is 13.0 Å². The first-order valence-electron chi connectivity index (χ1n) is 5.91. The third-order valence-corrected chi connectivity index (χ3v) is 3.35. The molecule has 2 N–H and O–H groups in total. The second-order valence-electron chi connectivity index (χ2n) is 5.17. The van der Waals surface area contributed by atoms with E-state index in [1.165, 1.54) is 5.56 Å². The number of nitrogens with zero attached hydrogens (tertiary/aromatic N) is 2. The Labute approximate surface area is 96.7 Å². The normalized spacial score (nSPS) is 19.8. The zero-order chi connectivity index (χ0) is 11.8. The smallest absolute Gasteiger partial charge is 0.0791 e. The van der Waals surface area contributed by atoms with E-state index in [1.807, 2.05) is 24.9 Å². The zero-order valence-corrected chi connectivity index (χ0v) is 10.3. The summed E-state index contributed by atoms with van der Waals surface area (Å²) in [4.78, 5) is 0. The molecule has 0 saturated heterocycles. The molecule has 0 amide bonds. The van der Waals surface area contributed by atoms with Crippen LogP contribution in [0.4, 0.5) is 0 Å². The van der Waals surface area contributed by atoms with Crippen molar-refractivity contribution in [3.05, 3.63) is 17.5 Å². The van der Waals surface area contributed by atoms with Crippen LogP contribution in [0.25, 0.3) is 0 Å². The highest BCUT2D eigenvalue weighted by Crippen LogP contribution is 2.38. The first-order valence-corrected chi connectivity index (χ1v) is 5.91. The SMILES string of the molecule is Cc1cn(C)nc1CNC[C@](C)(O)C1CC1. The van der Waals surface area contributed by atoms with E-state index in [2.05, 4.69) is 17.3 Å². The third kappa shape index (κ3) is 2.62. The number of nitrogens with one attached hydrogen (secondary N) is 1. The third-order valence-electron chi connectivity index (χ3n) is 3.35. The highest BCUT2D eigenvalue weighted by molar-refractivity contribution is 5.14. The van der Waals surface area contributed by atoms with Gasteiger partial charge in [0.05, 0.1) is 11.3 Å². The molecule has 1 heterocycles. The van der Waals surface area contributed by atoms with E-state index < -0.39 is 5.60 Å². The molecule has 16 heavy (non-hydrogen) atoms. The second-order valence-corrected chi connectivity index (χ2v) is 5.17. The molecule has 0 aromatic carbocycles. The van der Waals surface area contributed by atoms with Crippen LogP contribution in [-0.2, 0) is 13.6 Å². The Kier molecular flexibility index (Phi) is 3.04. The van der Waals surface area contributed by atoms with Gasteiger partial charge in [-0.3, -0.25) is 4.68 Å². The van der Waals surface area contributed by atoms with Crippen LogP contribution >= 0.6 is 0 Å². The first-order chi connectivity index (χ1) is 7.49. The van der Waals surface area contributed by atoms with E-state index in [9.17, 15) is 5.11 Å². The number of aliphatic hydroxyl groups is 1. The van der Waals surface area contributed by atoms with Gasteiger partial charge in [-0.1, -0.05) is 0 Å². The van der Waals surface area contributed by atoms with Crippen LogP contribution in [0, 0.1) is 12.8 Å². The monoisotopic (exact) mass is 223 g/mol. The van der Waals surface area contributed by atoms with Crippen molar-refractivity contribution in [3.63, 3.8) is 0 Å². The fourth-order valence-electron chi connectivity index (χ4n) is 2.11. The van der Waals surface area contributed by atoms with Crippen molar-refractivity contribution in [2.45, 2.75) is 38.8 Å². The largest absolute Gasteiger partial charge is 0.389 e. The summed E-state index contributed by atoms with van der Waals surface area (Å²) in [5.41, 5.74) is 1.71. The van der Waals surface area contributed by atoms with Crippen molar-refractivity contribution >= 4 is 0 Å². The Bertz CT molecular complexity index is 366. The summed E-state index contributed by atoms with van der Waals surface area (Å²) < 4.78 is 1.82. The number of hydrogen-bond donors (Lipinski definition) is 2.